The molecule has 1 saturated carbocycles. The number of aliphatic hydroxyl groups excluding tert-OH is 1. The maximum atomic E-state index is 11.9. The fraction of sp³-hybridized carbons (Fsp3) is 0.846. The Bertz CT molecular complexity index is 366. The lowest BCUT2D eigenvalue weighted by molar-refractivity contribution is -0.129. The average Bonchev–Trinajstić information content (AvgIpc) is 3.10. The van der Waals surface area contributed by atoms with Crippen molar-refractivity contribution in [3.63, 3.8) is 0 Å². The highest BCUT2D eigenvalue weighted by atomic mass is 16.3. The molecule has 6 nitrogen and oxygen atoms in total. The number of hydrogen-bond donors (Lipinski definition) is 3. The summed E-state index contributed by atoms with van der Waals surface area (Å²) in [6.45, 7) is 2.28. The van der Waals surface area contributed by atoms with Crippen molar-refractivity contribution in [2.24, 2.45) is 11.8 Å². The fourth-order valence-electron chi connectivity index (χ4n) is 2.21. The molecule has 2 rings (SSSR count). The van der Waals surface area contributed by atoms with E-state index in [-0.39, 0.29) is 30.7 Å². The van der Waals surface area contributed by atoms with Gasteiger partial charge in [-0.25, -0.2) is 0 Å². The van der Waals surface area contributed by atoms with Crippen molar-refractivity contribution in [3.05, 3.63) is 0 Å². The zero-order valence-corrected chi connectivity index (χ0v) is 11.3. The Morgan fingerprint density at radius 1 is 1.53 bits per heavy atom. The Kier molecular flexibility index (Phi) is 4.10. The minimum absolute atomic E-state index is 0.00432. The Morgan fingerprint density at radius 2 is 2.21 bits per heavy atom. The molecule has 2 amide bonds. The molecule has 0 aromatic carbocycles. The molecule has 0 aromatic rings. The fourth-order valence-corrected chi connectivity index (χ4v) is 2.21. The Morgan fingerprint density at radius 3 is 2.79 bits per heavy atom. The quantitative estimate of drug-likeness (QED) is 0.584. The molecule has 2 aliphatic rings. The SMILES string of the molecule is CC(O)(CO)CNC(=O)C1CC(=O)N(CC2CC2)C1. The maximum absolute atomic E-state index is 11.9. The van der Waals surface area contributed by atoms with Crippen LogP contribution in [0.1, 0.15) is 26.2 Å². The molecule has 2 atom stereocenters. The summed E-state index contributed by atoms with van der Waals surface area (Å²) in [5.41, 5.74) is -1.31. The van der Waals surface area contributed by atoms with Crippen molar-refractivity contribution in [3.8, 4) is 0 Å². The molecule has 0 aromatic heterocycles. The molecule has 1 aliphatic heterocycles. The van der Waals surface area contributed by atoms with Gasteiger partial charge in [0.05, 0.1) is 12.5 Å². The van der Waals surface area contributed by atoms with Gasteiger partial charge in [0.1, 0.15) is 5.60 Å². The summed E-state index contributed by atoms with van der Waals surface area (Å²) in [6, 6.07) is 0. The van der Waals surface area contributed by atoms with Gasteiger partial charge in [0, 0.05) is 26.1 Å². The van der Waals surface area contributed by atoms with Crippen LogP contribution in [0, 0.1) is 11.8 Å². The summed E-state index contributed by atoms with van der Waals surface area (Å²) in [6.07, 6.45) is 2.61. The van der Waals surface area contributed by atoms with E-state index in [4.69, 9.17) is 5.11 Å². The van der Waals surface area contributed by atoms with E-state index >= 15 is 0 Å². The molecule has 2 unspecified atom stereocenters. The third kappa shape index (κ3) is 3.91. The zero-order valence-electron chi connectivity index (χ0n) is 11.3. The van der Waals surface area contributed by atoms with Crippen LogP contribution in [0.25, 0.3) is 0 Å². The first-order chi connectivity index (χ1) is 8.91. The lowest BCUT2D eigenvalue weighted by atomic mass is 10.1. The molecule has 1 aliphatic carbocycles. The summed E-state index contributed by atoms with van der Waals surface area (Å²) >= 11 is 0. The number of carbonyl (C=O) groups excluding carboxylic acids is 2. The number of likely N-dealkylation sites (tertiary alicyclic amines) is 1. The topological polar surface area (TPSA) is 89.9 Å². The molecule has 6 heteroatoms. The number of hydrogen-bond acceptors (Lipinski definition) is 4. The van der Waals surface area contributed by atoms with E-state index in [1.807, 2.05) is 0 Å². The second kappa shape index (κ2) is 5.46. The smallest absolute Gasteiger partial charge is 0.225 e. The lowest BCUT2D eigenvalue weighted by Crippen LogP contribution is -2.45. The van der Waals surface area contributed by atoms with E-state index in [9.17, 15) is 14.7 Å². The summed E-state index contributed by atoms with van der Waals surface area (Å²) < 4.78 is 0. The number of amides is 2. The molecule has 2 fully saturated rings. The monoisotopic (exact) mass is 270 g/mol. The molecular weight excluding hydrogens is 248 g/mol. The normalized spacial score (nSPS) is 26.4. The van der Waals surface area contributed by atoms with Crippen LogP contribution in [0.2, 0.25) is 0 Å². The van der Waals surface area contributed by atoms with E-state index < -0.39 is 12.2 Å². The number of aliphatic hydroxyl groups is 2. The van der Waals surface area contributed by atoms with Crippen molar-refractivity contribution in [2.45, 2.75) is 31.8 Å². The van der Waals surface area contributed by atoms with Gasteiger partial charge in [0.25, 0.3) is 0 Å². The number of rotatable bonds is 6. The zero-order chi connectivity index (χ0) is 14.0. The summed E-state index contributed by atoms with van der Waals surface area (Å²) in [7, 11) is 0. The van der Waals surface area contributed by atoms with Crippen molar-refractivity contribution >= 4 is 11.8 Å². The summed E-state index contributed by atoms with van der Waals surface area (Å²) in [5.74, 6) is 0.114. The molecular formula is C13H22N2O4. The molecule has 108 valence electrons. The molecule has 0 bridgehead atoms. The highest BCUT2D eigenvalue weighted by Gasteiger charge is 2.37. The lowest BCUT2D eigenvalue weighted by Gasteiger charge is -2.22. The van der Waals surface area contributed by atoms with Gasteiger partial charge in [-0.05, 0) is 25.7 Å². The van der Waals surface area contributed by atoms with Gasteiger partial charge in [-0.15, -0.1) is 0 Å². The van der Waals surface area contributed by atoms with Crippen molar-refractivity contribution in [1.29, 1.82) is 0 Å². The van der Waals surface area contributed by atoms with Crippen LogP contribution < -0.4 is 5.32 Å². The van der Waals surface area contributed by atoms with Crippen LogP contribution in [-0.2, 0) is 9.59 Å². The second-order valence-electron chi connectivity index (χ2n) is 6.02. The average molecular weight is 270 g/mol. The van der Waals surface area contributed by atoms with E-state index in [1.54, 1.807) is 4.90 Å². The van der Waals surface area contributed by atoms with Gasteiger partial charge < -0.3 is 20.4 Å². The largest absolute Gasteiger partial charge is 0.393 e. The van der Waals surface area contributed by atoms with Crippen LogP contribution in [-0.4, -0.2) is 58.8 Å². The van der Waals surface area contributed by atoms with Gasteiger partial charge in [0.2, 0.25) is 11.8 Å². The van der Waals surface area contributed by atoms with Crippen molar-refractivity contribution < 1.29 is 19.8 Å². The van der Waals surface area contributed by atoms with Crippen LogP contribution in [0.15, 0.2) is 0 Å². The molecule has 19 heavy (non-hydrogen) atoms. The third-order valence-electron chi connectivity index (χ3n) is 3.74. The van der Waals surface area contributed by atoms with E-state index in [1.165, 1.54) is 19.8 Å². The van der Waals surface area contributed by atoms with E-state index in [0.717, 1.165) is 6.54 Å². The van der Waals surface area contributed by atoms with Gasteiger partial charge in [-0.1, -0.05) is 0 Å². The third-order valence-corrected chi connectivity index (χ3v) is 3.74. The van der Waals surface area contributed by atoms with Crippen LogP contribution >= 0.6 is 0 Å². The molecule has 1 heterocycles. The summed E-state index contributed by atoms with van der Waals surface area (Å²) in [5, 5.41) is 21.1. The van der Waals surface area contributed by atoms with E-state index in [2.05, 4.69) is 5.32 Å². The number of nitrogens with one attached hydrogen (secondary N) is 1. The first kappa shape index (κ1) is 14.3. The maximum Gasteiger partial charge on any atom is 0.225 e. The van der Waals surface area contributed by atoms with Gasteiger partial charge in [-0.2, -0.15) is 0 Å². The highest BCUT2D eigenvalue weighted by Crippen LogP contribution is 2.31. The Balaban J connectivity index is 1.78. The van der Waals surface area contributed by atoms with Crippen molar-refractivity contribution in [2.75, 3.05) is 26.2 Å². The predicted octanol–water partition coefficient (Wildman–Crippen LogP) is -0.896. The Hall–Kier alpha value is -1.14. The first-order valence-electron chi connectivity index (χ1n) is 6.80. The van der Waals surface area contributed by atoms with E-state index in [0.29, 0.717) is 12.5 Å². The first-order valence-corrected chi connectivity index (χ1v) is 6.80. The van der Waals surface area contributed by atoms with Gasteiger partial charge in [0.15, 0.2) is 0 Å². The highest BCUT2D eigenvalue weighted by molar-refractivity contribution is 5.89. The van der Waals surface area contributed by atoms with Crippen LogP contribution in [0.4, 0.5) is 0 Å². The Labute approximate surface area is 112 Å². The predicted molar refractivity (Wildman–Crippen MR) is 68.1 cm³/mol. The molecule has 0 radical (unpaired) electrons. The number of carbonyl (C=O) groups is 2. The molecule has 3 N–H and O–H groups in total. The van der Waals surface area contributed by atoms with Crippen molar-refractivity contribution in [1.82, 2.24) is 10.2 Å². The molecule has 0 spiro atoms. The van der Waals surface area contributed by atoms with Gasteiger partial charge >= 0.3 is 0 Å². The second-order valence-corrected chi connectivity index (χ2v) is 6.02. The minimum Gasteiger partial charge on any atom is -0.393 e. The number of nitrogens with zero attached hydrogens (tertiary/aromatic N) is 1. The minimum atomic E-state index is -1.31. The van der Waals surface area contributed by atoms with Gasteiger partial charge in [-0.3, -0.25) is 9.59 Å². The molecule has 1 saturated heterocycles. The van der Waals surface area contributed by atoms with Crippen LogP contribution in [0.5, 0.6) is 0 Å². The van der Waals surface area contributed by atoms with Crippen LogP contribution in [0.3, 0.4) is 0 Å². The standard InChI is InChI=1S/C13H22N2O4/c1-13(19,8-16)7-14-12(18)10-4-11(17)15(6-10)5-9-2-3-9/h9-10,16,19H,2-8H2,1H3,(H,14,18). The summed E-state index contributed by atoms with van der Waals surface area (Å²) in [4.78, 5) is 25.5.